The predicted molar refractivity (Wildman–Crippen MR) is 95.0 cm³/mol. The van der Waals surface area contributed by atoms with E-state index in [-0.39, 0.29) is 30.4 Å². The van der Waals surface area contributed by atoms with Gasteiger partial charge in [0.05, 0.1) is 19.8 Å². The lowest BCUT2D eigenvalue weighted by molar-refractivity contribution is -0.145. The van der Waals surface area contributed by atoms with Crippen LogP contribution in [0.5, 0.6) is 5.75 Å². The van der Waals surface area contributed by atoms with E-state index in [0.717, 1.165) is 0 Å². The van der Waals surface area contributed by atoms with Crippen LogP contribution in [0.15, 0.2) is 18.2 Å². The smallest absolute Gasteiger partial charge is 0.328 e. The lowest BCUT2D eigenvalue weighted by Gasteiger charge is -2.18. The first-order valence-electron chi connectivity index (χ1n) is 8.02. The minimum absolute atomic E-state index is 0.0158. The number of nitrogens with one attached hydrogen (secondary N) is 1. The van der Waals surface area contributed by atoms with E-state index < -0.39 is 12.0 Å². The second kappa shape index (κ2) is 10.0. The van der Waals surface area contributed by atoms with Crippen molar-refractivity contribution in [1.29, 1.82) is 0 Å². The quantitative estimate of drug-likeness (QED) is 0.534. The number of benzene rings is 1. The Morgan fingerprint density at radius 3 is 2.40 bits per heavy atom. The molecule has 0 fully saturated rings. The molecule has 1 atom stereocenters. The van der Waals surface area contributed by atoms with Gasteiger partial charge in [-0.05, 0) is 30.5 Å². The molecule has 0 heterocycles. The zero-order chi connectivity index (χ0) is 19.0. The van der Waals surface area contributed by atoms with Gasteiger partial charge in [-0.25, -0.2) is 4.79 Å². The molecule has 1 amide bonds. The van der Waals surface area contributed by atoms with Crippen molar-refractivity contribution >= 4 is 29.3 Å². The van der Waals surface area contributed by atoms with Gasteiger partial charge in [-0.1, -0.05) is 25.4 Å². The fourth-order valence-electron chi connectivity index (χ4n) is 2.35. The Hall–Kier alpha value is -2.08. The van der Waals surface area contributed by atoms with Gasteiger partial charge in [-0.2, -0.15) is 0 Å². The maximum absolute atomic E-state index is 12.3. The molecule has 7 heteroatoms. The van der Waals surface area contributed by atoms with Crippen molar-refractivity contribution in [2.75, 3.05) is 14.2 Å². The Morgan fingerprint density at radius 2 is 1.84 bits per heavy atom. The summed E-state index contributed by atoms with van der Waals surface area (Å²) >= 11 is 5.91. The van der Waals surface area contributed by atoms with Crippen LogP contribution in [-0.2, 0) is 14.3 Å². The Labute approximate surface area is 152 Å². The molecule has 0 saturated carbocycles. The van der Waals surface area contributed by atoms with E-state index in [9.17, 15) is 14.4 Å². The molecule has 1 rings (SSSR count). The van der Waals surface area contributed by atoms with Crippen LogP contribution >= 0.6 is 11.6 Å². The van der Waals surface area contributed by atoms with E-state index in [2.05, 4.69) is 5.32 Å². The van der Waals surface area contributed by atoms with E-state index >= 15 is 0 Å². The van der Waals surface area contributed by atoms with Gasteiger partial charge in [-0.3, -0.25) is 9.59 Å². The molecule has 138 valence electrons. The van der Waals surface area contributed by atoms with Crippen molar-refractivity contribution < 1.29 is 23.9 Å². The normalized spacial score (nSPS) is 11.8. The molecule has 0 saturated heterocycles. The number of Topliss-reactive ketones (excluding diaryl/α,β-unsaturated/α-hetero) is 1. The zero-order valence-corrected chi connectivity index (χ0v) is 15.7. The number of halogens is 1. The number of carbonyl (C=O) groups is 3. The van der Waals surface area contributed by atoms with Gasteiger partial charge in [0.15, 0.2) is 5.78 Å². The maximum atomic E-state index is 12.3. The van der Waals surface area contributed by atoms with Crippen LogP contribution in [0.25, 0.3) is 0 Å². The van der Waals surface area contributed by atoms with E-state index in [1.807, 2.05) is 13.8 Å². The summed E-state index contributed by atoms with van der Waals surface area (Å²) in [4.78, 5) is 36.1. The SMILES string of the molecule is COC(=O)C(CC(C)C)NC(=O)CCC(=O)c1cc(Cl)ccc1OC. The minimum atomic E-state index is -0.715. The first-order chi connectivity index (χ1) is 11.8. The highest BCUT2D eigenvalue weighted by atomic mass is 35.5. The largest absolute Gasteiger partial charge is 0.496 e. The van der Waals surface area contributed by atoms with Crippen molar-refractivity contribution in [2.24, 2.45) is 5.92 Å². The van der Waals surface area contributed by atoms with Crippen molar-refractivity contribution in [1.82, 2.24) is 5.32 Å². The number of amides is 1. The molecule has 25 heavy (non-hydrogen) atoms. The van der Waals surface area contributed by atoms with Gasteiger partial charge in [0, 0.05) is 17.9 Å². The van der Waals surface area contributed by atoms with Gasteiger partial charge in [-0.15, -0.1) is 0 Å². The molecule has 0 spiro atoms. The Morgan fingerprint density at radius 1 is 1.16 bits per heavy atom. The Balaban J connectivity index is 2.67. The summed E-state index contributed by atoms with van der Waals surface area (Å²) in [5.74, 6) is -0.521. The monoisotopic (exact) mass is 369 g/mol. The highest BCUT2D eigenvalue weighted by Gasteiger charge is 2.23. The van der Waals surface area contributed by atoms with Gasteiger partial charge in [0.25, 0.3) is 0 Å². The van der Waals surface area contributed by atoms with Crippen molar-refractivity contribution in [3.05, 3.63) is 28.8 Å². The highest BCUT2D eigenvalue weighted by molar-refractivity contribution is 6.31. The molecule has 1 aromatic rings. The number of ether oxygens (including phenoxy) is 2. The first kappa shape index (κ1) is 21.0. The van der Waals surface area contributed by atoms with Gasteiger partial charge < -0.3 is 14.8 Å². The number of methoxy groups -OCH3 is 2. The molecule has 0 aliphatic rings. The van der Waals surface area contributed by atoms with Crippen LogP contribution in [0, 0.1) is 5.92 Å². The Kier molecular flexibility index (Phi) is 8.41. The lowest BCUT2D eigenvalue weighted by Crippen LogP contribution is -2.42. The topological polar surface area (TPSA) is 81.7 Å². The summed E-state index contributed by atoms with van der Waals surface area (Å²) in [5.41, 5.74) is 0.328. The summed E-state index contributed by atoms with van der Waals surface area (Å²) < 4.78 is 9.84. The molecule has 0 aliphatic heterocycles. The first-order valence-corrected chi connectivity index (χ1v) is 8.40. The van der Waals surface area contributed by atoms with E-state index in [0.29, 0.717) is 22.8 Å². The zero-order valence-electron chi connectivity index (χ0n) is 14.9. The summed E-state index contributed by atoms with van der Waals surface area (Å²) in [7, 11) is 2.73. The number of hydrogen-bond acceptors (Lipinski definition) is 5. The lowest BCUT2D eigenvalue weighted by atomic mass is 10.0. The number of carbonyl (C=O) groups excluding carboxylic acids is 3. The van der Waals surface area contributed by atoms with Gasteiger partial charge in [0.2, 0.25) is 5.91 Å². The second-order valence-electron chi connectivity index (χ2n) is 6.04. The third-order valence-electron chi connectivity index (χ3n) is 3.57. The second-order valence-corrected chi connectivity index (χ2v) is 6.48. The van der Waals surface area contributed by atoms with Gasteiger partial charge in [0.1, 0.15) is 11.8 Å². The average molecular weight is 370 g/mol. The Bertz CT molecular complexity index is 630. The average Bonchev–Trinajstić information content (AvgIpc) is 2.57. The van der Waals surface area contributed by atoms with Crippen molar-refractivity contribution in [2.45, 2.75) is 39.2 Å². The molecular formula is C18H24ClNO5. The molecular weight excluding hydrogens is 346 g/mol. The maximum Gasteiger partial charge on any atom is 0.328 e. The summed E-state index contributed by atoms with van der Waals surface area (Å²) in [6.45, 7) is 3.88. The fraction of sp³-hybridized carbons (Fsp3) is 0.500. The third-order valence-corrected chi connectivity index (χ3v) is 3.80. The van der Waals surface area contributed by atoms with Crippen LogP contribution in [0.1, 0.15) is 43.5 Å². The van der Waals surface area contributed by atoms with E-state index in [4.69, 9.17) is 21.1 Å². The van der Waals surface area contributed by atoms with Crippen LogP contribution in [0.4, 0.5) is 0 Å². The molecule has 0 radical (unpaired) electrons. The number of esters is 1. The molecule has 1 aromatic carbocycles. The van der Waals surface area contributed by atoms with E-state index in [1.54, 1.807) is 12.1 Å². The number of rotatable bonds is 9. The van der Waals surface area contributed by atoms with Crippen molar-refractivity contribution in [3.63, 3.8) is 0 Å². The fourth-order valence-corrected chi connectivity index (χ4v) is 2.53. The van der Waals surface area contributed by atoms with Crippen molar-refractivity contribution in [3.8, 4) is 5.75 Å². The standard InChI is InChI=1S/C18H24ClNO5/c1-11(2)9-14(18(23)25-4)20-17(22)8-6-15(21)13-10-12(19)5-7-16(13)24-3/h5,7,10-11,14H,6,8-9H2,1-4H3,(H,20,22). The minimum Gasteiger partial charge on any atom is -0.496 e. The molecule has 6 nitrogen and oxygen atoms in total. The summed E-state index contributed by atoms with van der Waals surface area (Å²) in [5, 5.41) is 3.04. The number of hydrogen-bond donors (Lipinski definition) is 1. The molecule has 0 bridgehead atoms. The summed E-state index contributed by atoms with van der Waals surface area (Å²) in [6, 6.07) is 4.02. The molecule has 1 unspecified atom stereocenters. The third kappa shape index (κ3) is 6.74. The van der Waals surface area contributed by atoms with Crippen LogP contribution < -0.4 is 10.1 Å². The summed E-state index contributed by atoms with van der Waals surface area (Å²) in [6.07, 6.45) is 0.409. The number of ketones is 1. The van der Waals surface area contributed by atoms with Crippen LogP contribution in [0.3, 0.4) is 0 Å². The highest BCUT2D eigenvalue weighted by Crippen LogP contribution is 2.24. The van der Waals surface area contributed by atoms with Crippen LogP contribution in [-0.4, -0.2) is 37.9 Å². The van der Waals surface area contributed by atoms with Crippen LogP contribution in [0.2, 0.25) is 5.02 Å². The predicted octanol–water partition coefficient (Wildman–Crippen LogP) is 3.02. The van der Waals surface area contributed by atoms with Gasteiger partial charge >= 0.3 is 5.97 Å². The molecule has 0 aliphatic carbocycles. The molecule has 0 aromatic heterocycles. The van der Waals surface area contributed by atoms with E-state index in [1.165, 1.54) is 20.3 Å². The molecule has 1 N–H and O–H groups in total.